The van der Waals surface area contributed by atoms with E-state index in [0.29, 0.717) is 12.2 Å². The van der Waals surface area contributed by atoms with Crippen molar-refractivity contribution in [3.8, 4) is 0 Å². The Balaban J connectivity index is 2.75. The topological polar surface area (TPSA) is 59.2 Å². The second-order valence-electron chi connectivity index (χ2n) is 3.50. The highest BCUT2D eigenvalue weighted by Gasteiger charge is 2.18. The molecular weight excluding hydrogens is 210 g/mol. The van der Waals surface area contributed by atoms with Crippen LogP contribution < -0.4 is 5.73 Å². The zero-order valence-corrected chi connectivity index (χ0v) is 10.2. The van der Waals surface area contributed by atoms with E-state index in [1.54, 1.807) is 17.3 Å². The number of thiazole rings is 1. The molecular formula is C10H17N3OS. The summed E-state index contributed by atoms with van der Waals surface area (Å²) in [5.41, 5.74) is 5.95. The van der Waals surface area contributed by atoms with Crippen molar-refractivity contribution in [3.05, 3.63) is 16.1 Å². The van der Waals surface area contributed by atoms with Gasteiger partial charge in [0.2, 0.25) is 0 Å². The van der Waals surface area contributed by atoms with Crippen LogP contribution in [0.1, 0.15) is 35.8 Å². The van der Waals surface area contributed by atoms with Crippen LogP contribution in [-0.2, 0) is 6.54 Å². The fourth-order valence-corrected chi connectivity index (χ4v) is 1.81. The summed E-state index contributed by atoms with van der Waals surface area (Å²) >= 11 is 1.43. The van der Waals surface area contributed by atoms with E-state index in [2.05, 4.69) is 11.9 Å². The first-order valence-corrected chi connectivity index (χ1v) is 5.89. The van der Waals surface area contributed by atoms with E-state index in [-0.39, 0.29) is 11.9 Å². The molecule has 2 N–H and O–H groups in total. The SMILES string of the molecule is CCC(C)N(C)C(=O)c1csc(CN)n1. The van der Waals surface area contributed by atoms with Crippen LogP contribution in [0.15, 0.2) is 5.38 Å². The second kappa shape index (κ2) is 5.23. The van der Waals surface area contributed by atoms with E-state index in [9.17, 15) is 4.79 Å². The Hall–Kier alpha value is -0.940. The second-order valence-corrected chi connectivity index (χ2v) is 4.45. The van der Waals surface area contributed by atoms with Gasteiger partial charge in [-0.1, -0.05) is 6.92 Å². The van der Waals surface area contributed by atoms with Crippen LogP contribution in [0.5, 0.6) is 0 Å². The van der Waals surface area contributed by atoms with Gasteiger partial charge >= 0.3 is 0 Å². The Bertz CT molecular complexity index is 337. The number of carbonyl (C=O) groups excluding carboxylic acids is 1. The first-order chi connectivity index (χ1) is 7.10. The molecule has 0 aliphatic carbocycles. The van der Waals surface area contributed by atoms with Crippen molar-refractivity contribution in [1.29, 1.82) is 0 Å². The largest absolute Gasteiger partial charge is 0.338 e. The van der Waals surface area contributed by atoms with Crippen molar-refractivity contribution in [1.82, 2.24) is 9.88 Å². The van der Waals surface area contributed by atoms with Crippen molar-refractivity contribution in [2.75, 3.05) is 7.05 Å². The number of aromatic nitrogens is 1. The molecule has 0 saturated carbocycles. The Morgan fingerprint density at radius 3 is 2.87 bits per heavy atom. The van der Waals surface area contributed by atoms with E-state index in [4.69, 9.17) is 5.73 Å². The minimum absolute atomic E-state index is 0.0275. The third-order valence-corrected chi connectivity index (χ3v) is 3.39. The molecule has 1 aromatic heterocycles. The lowest BCUT2D eigenvalue weighted by Crippen LogP contribution is -2.34. The molecule has 1 rings (SSSR count). The standard InChI is InChI=1S/C10H17N3OS/c1-4-7(2)13(3)10(14)8-6-15-9(5-11)12-8/h6-7H,4-5,11H2,1-3H3. The first-order valence-electron chi connectivity index (χ1n) is 5.01. The van der Waals surface area contributed by atoms with E-state index in [1.165, 1.54) is 11.3 Å². The minimum atomic E-state index is -0.0275. The summed E-state index contributed by atoms with van der Waals surface area (Å²) in [6.07, 6.45) is 0.941. The van der Waals surface area contributed by atoms with Gasteiger partial charge in [0.1, 0.15) is 10.7 Å². The van der Waals surface area contributed by atoms with Crippen molar-refractivity contribution < 1.29 is 4.79 Å². The quantitative estimate of drug-likeness (QED) is 0.847. The molecule has 1 atom stereocenters. The highest BCUT2D eigenvalue weighted by Crippen LogP contribution is 2.12. The molecule has 0 fully saturated rings. The highest BCUT2D eigenvalue weighted by atomic mass is 32.1. The molecule has 0 aliphatic heterocycles. The molecule has 0 radical (unpaired) electrons. The zero-order valence-electron chi connectivity index (χ0n) is 9.36. The van der Waals surface area contributed by atoms with Crippen LogP contribution in [0.2, 0.25) is 0 Å². The molecule has 15 heavy (non-hydrogen) atoms. The molecule has 0 spiro atoms. The summed E-state index contributed by atoms with van der Waals surface area (Å²) in [5.74, 6) is -0.0275. The van der Waals surface area contributed by atoms with Gasteiger partial charge in [0.15, 0.2) is 0 Å². The number of nitrogens with zero attached hydrogens (tertiary/aromatic N) is 2. The van der Waals surface area contributed by atoms with Crippen LogP contribution in [0.3, 0.4) is 0 Å². The predicted octanol–water partition coefficient (Wildman–Crippen LogP) is 1.47. The molecule has 0 bridgehead atoms. The fraction of sp³-hybridized carbons (Fsp3) is 0.600. The van der Waals surface area contributed by atoms with Gasteiger partial charge in [0.05, 0.1) is 0 Å². The minimum Gasteiger partial charge on any atom is -0.338 e. The van der Waals surface area contributed by atoms with Gasteiger partial charge in [-0.15, -0.1) is 11.3 Å². The van der Waals surface area contributed by atoms with Gasteiger partial charge in [0, 0.05) is 25.0 Å². The Morgan fingerprint density at radius 1 is 1.73 bits per heavy atom. The fourth-order valence-electron chi connectivity index (χ4n) is 1.16. The van der Waals surface area contributed by atoms with E-state index < -0.39 is 0 Å². The lowest BCUT2D eigenvalue weighted by atomic mass is 10.2. The molecule has 84 valence electrons. The molecule has 5 heteroatoms. The monoisotopic (exact) mass is 227 g/mol. The Labute approximate surface area is 94.1 Å². The number of rotatable bonds is 4. The Morgan fingerprint density at radius 2 is 2.40 bits per heavy atom. The predicted molar refractivity (Wildman–Crippen MR) is 61.9 cm³/mol. The Kier molecular flexibility index (Phi) is 4.23. The molecule has 0 aromatic carbocycles. The van der Waals surface area contributed by atoms with E-state index in [0.717, 1.165) is 11.4 Å². The maximum absolute atomic E-state index is 11.9. The number of amides is 1. The van der Waals surface area contributed by atoms with Gasteiger partial charge in [-0.2, -0.15) is 0 Å². The molecule has 1 aromatic rings. The van der Waals surface area contributed by atoms with Gasteiger partial charge in [-0.05, 0) is 13.3 Å². The van der Waals surface area contributed by atoms with Crippen molar-refractivity contribution >= 4 is 17.2 Å². The molecule has 1 amide bonds. The maximum atomic E-state index is 11.9. The molecule has 1 heterocycles. The van der Waals surface area contributed by atoms with Gasteiger partial charge in [-0.25, -0.2) is 4.98 Å². The lowest BCUT2D eigenvalue weighted by Gasteiger charge is -2.22. The lowest BCUT2D eigenvalue weighted by molar-refractivity contribution is 0.0735. The third-order valence-electron chi connectivity index (χ3n) is 2.52. The highest BCUT2D eigenvalue weighted by molar-refractivity contribution is 7.09. The summed E-state index contributed by atoms with van der Waals surface area (Å²) in [5, 5.41) is 2.57. The first kappa shape index (κ1) is 12.1. The maximum Gasteiger partial charge on any atom is 0.273 e. The van der Waals surface area contributed by atoms with Crippen molar-refractivity contribution in [3.63, 3.8) is 0 Å². The summed E-state index contributed by atoms with van der Waals surface area (Å²) in [6, 6.07) is 0.237. The number of hydrogen-bond donors (Lipinski definition) is 1. The average Bonchev–Trinajstić information content (AvgIpc) is 2.74. The van der Waals surface area contributed by atoms with E-state index >= 15 is 0 Å². The van der Waals surface area contributed by atoms with Crippen LogP contribution in [0.25, 0.3) is 0 Å². The van der Waals surface area contributed by atoms with Gasteiger partial charge in [0.25, 0.3) is 5.91 Å². The summed E-state index contributed by atoms with van der Waals surface area (Å²) < 4.78 is 0. The average molecular weight is 227 g/mol. The van der Waals surface area contributed by atoms with Crippen molar-refractivity contribution in [2.45, 2.75) is 32.9 Å². The molecule has 0 aliphatic rings. The summed E-state index contributed by atoms with van der Waals surface area (Å²) in [7, 11) is 1.80. The van der Waals surface area contributed by atoms with Gasteiger partial charge in [-0.3, -0.25) is 4.79 Å². The smallest absolute Gasteiger partial charge is 0.273 e. The van der Waals surface area contributed by atoms with Crippen molar-refractivity contribution in [2.24, 2.45) is 5.73 Å². The zero-order chi connectivity index (χ0) is 11.4. The van der Waals surface area contributed by atoms with Gasteiger partial charge < -0.3 is 10.6 Å². The summed E-state index contributed by atoms with van der Waals surface area (Å²) in [4.78, 5) is 17.8. The van der Waals surface area contributed by atoms with Crippen LogP contribution >= 0.6 is 11.3 Å². The molecule has 4 nitrogen and oxygen atoms in total. The third kappa shape index (κ3) is 2.76. The van der Waals surface area contributed by atoms with Crippen LogP contribution in [0.4, 0.5) is 0 Å². The van der Waals surface area contributed by atoms with E-state index in [1.807, 2.05) is 6.92 Å². The molecule has 1 unspecified atom stereocenters. The summed E-state index contributed by atoms with van der Waals surface area (Å²) in [6.45, 7) is 4.47. The number of nitrogens with two attached hydrogens (primary N) is 1. The molecule has 0 saturated heterocycles. The van der Waals surface area contributed by atoms with Crippen LogP contribution in [0, 0.1) is 0 Å². The van der Waals surface area contributed by atoms with Crippen LogP contribution in [-0.4, -0.2) is 28.9 Å². The number of hydrogen-bond acceptors (Lipinski definition) is 4. The number of carbonyl (C=O) groups is 1. The normalized spacial score (nSPS) is 12.5.